The van der Waals surface area contributed by atoms with Crippen molar-refractivity contribution >= 4 is 5.78 Å². The molecule has 0 unspecified atom stereocenters. The summed E-state index contributed by atoms with van der Waals surface area (Å²) in [6.07, 6.45) is 1.21. The summed E-state index contributed by atoms with van der Waals surface area (Å²) in [5, 5.41) is 9.12. The Bertz CT molecular complexity index is 342. The lowest BCUT2D eigenvalue weighted by Gasteiger charge is -2.05. The van der Waals surface area contributed by atoms with Crippen LogP contribution in [0.5, 0.6) is 11.5 Å². The van der Waals surface area contributed by atoms with E-state index in [1.54, 1.807) is 0 Å². The van der Waals surface area contributed by atoms with E-state index >= 15 is 0 Å². The molecule has 68 valence electrons. The van der Waals surface area contributed by atoms with Crippen LogP contribution in [-0.2, 0) is 0 Å². The van der Waals surface area contributed by atoms with Crippen LogP contribution in [0.3, 0.4) is 0 Å². The van der Waals surface area contributed by atoms with E-state index in [4.69, 9.17) is 9.84 Å². The second-order valence-electron chi connectivity index (χ2n) is 2.52. The lowest BCUT2D eigenvalue weighted by molar-refractivity contribution is 0.101. The molecule has 1 rings (SSSR count). The van der Waals surface area contributed by atoms with Crippen molar-refractivity contribution in [2.75, 3.05) is 0 Å². The van der Waals surface area contributed by atoms with E-state index in [1.165, 1.54) is 31.4 Å². The summed E-state index contributed by atoms with van der Waals surface area (Å²) in [4.78, 5) is 11.1. The topological polar surface area (TPSA) is 46.5 Å². The zero-order valence-corrected chi connectivity index (χ0v) is 7.28. The Morgan fingerprint density at radius 3 is 2.85 bits per heavy atom. The van der Waals surface area contributed by atoms with Gasteiger partial charge in [0.25, 0.3) is 0 Å². The molecule has 3 nitrogen and oxygen atoms in total. The molecule has 0 amide bonds. The molecule has 0 heterocycles. The van der Waals surface area contributed by atoms with Crippen molar-refractivity contribution in [1.82, 2.24) is 0 Å². The van der Waals surface area contributed by atoms with Crippen molar-refractivity contribution in [3.05, 3.63) is 36.6 Å². The predicted molar refractivity (Wildman–Crippen MR) is 48.9 cm³/mol. The first kappa shape index (κ1) is 9.32. The van der Waals surface area contributed by atoms with Crippen LogP contribution in [0.4, 0.5) is 0 Å². The standard InChI is InChI=1S/C10H10O3/c1-3-13-10-6-8(12)4-5-9(10)7(2)11/h3-6,12H,1H2,2H3. The van der Waals surface area contributed by atoms with Gasteiger partial charge in [-0.3, -0.25) is 4.79 Å². The molecule has 1 N–H and O–H groups in total. The van der Waals surface area contributed by atoms with Gasteiger partial charge in [0.1, 0.15) is 11.5 Å². The first-order valence-electron chi connectivity index (χ1n) is 3.76. The highest BCUT2D eigenvalue weighted by molar-refractivity contribution is 5.97. The minimum absolute atomic E-state index is 0.0573. The third kappa shape index (κ3) is 2.08. The number of ketones is 1. The minimum atomic E-state index is -0.114. The highest BCUT2D eigenvalue weighted by Crippen LogP contribution is 2.24. The van der Waals surface area contributed by atoms with E-state index in [1.807, 2.05) is 0 Å². The molecule has 0 atom stereocenters. The fourth-order valence-electron chi connectivity index (χ4n) is 0.989. The molecular weight excluding hydrogens is 168 g/mol. The van der Waals surface area contributed by atoms with E-state index in [9.17, 15) is 4.79 Å². The van der Waals surface area contributed by atoms with Crippen LogP contribution >= 0.6 is 0 Å². The summed E-state index contributed by atoms with van der Waals surface area (Å²) in [6, 6.07) is 4.32. The molecule has 0 saturated heterocycles. The average molecular weight is 178 g/mol. The second-order valence-corrected chi connectivity index (χ2v) is 2.52. The smallest absolute Gasteiger partial charge is 0.163 e. The Hall–Kier alpha value is -1.77. The Labute approximate surface area is 76.3 Å². The molecule has 1 aromatic carbocycles. The monoisotopic (exact) mass is 178 g/mol. The molecule has 0 bridgehead atoms. The van der Waals surface area contributed by atoms with Crippen molar-refractivity contribution in [1.29, 1.82) is 0 Å². The lowest BCUT2D eigenvalue weighted by Crippen LogP contribution is -1.95. The van der Waals surface area contributed by atoms with Crippen LogP contribution in [0, 0.1) is 0 Å². The van der Waals surface area contributed by atoms with E-state index in [2.05, 4.69) is 6.58 Å². The predicted octanol–water partition coefficient (Wildman–Crippen LogP) is 2.12. The number of phenolic OH excluding ortho intramolecular Hbond substituents is 1. The molecule has 13 heavy (non-hydrogen) atoms. The van der Waals surface area contributed by atoms with Crippen LogP contribution in [0.15, 0.2) is 31.0 Å². The van der Waals surface area contributed by atoms with Crippen LogP contribution in [-0.4, -0.2) is 10.9 Å². The van der Waals surface area contributed by atoms with E-state index in [-0.39, 0.29) is 11.5 Å². The molecule has 0 aliphatic carbocycles. The SMILES string of the molecule is C=COc1cc(O)ccc1C(C)=O. The van der Waals surface area contributed by atoms with Crippen LogP contribution in [0.2, 0.25) is 0 Å². The van der Waals surface area contributed by atoms with Crippen molar-refractivity contribution in [2.24, 2.45) is 0 Å². The fraction of sp³-hybridized carbons (Fsp3) is 0.100. The summed E-state index contributed by atoms with van der Waals surface area (Å²) >= 11 is 0. The minimum Gasteiger partial charge on any atom is -0.508 e. The molecule has 0 spiro atoms. The van der Waals surface area contributed by atoms with Gasteiger partial charge < -0.3 is 9.84 Å². The Morgan fingerprint density at radius 1 is 1.62 bits per heavy atom. The molecule has 1 aromatic rings. The van der Waals surface area contributed by atoms with Gasteiger partial charge in [-0.1, -0.05) is 6.58 Å². The number of Topliss-reactive ketones (excluding diaryl/α,β-unsaturated/α-hetero) is 1. The normalized spacial score (nSPS) is 9.31. The van der Waals surface area contributed by atoms with Gasteiger partial charge in [-0.2, -0.15) is 0 Å². The van der Waals surface area contributed by atoms with Gasteiger partial charge >= 0.3 is 0 Å². The zero-order chi connectivity index (χ0) is 9.84. The second kappa shape index (κ2) is 3.76. The third-order valence-corrected chi connectivity index (χ3v) is 1.55. The number of carbonyl (C=O) groups is 1. The van der Waals surface area contributed by atoms with Gasteiger partial charge in [-0.15, -0.1) is 0 Å². The van der Waals surface area contributed by atoms with E-state index in [0.717, 1.165) is 0 Å². The number of aromatic hydroxyl groups is 1. The number of phenols is 1. The Balaban J connectivity index is 3.17. The number of rotatable bonds is 3. The summed E-state index contributed by atoms with van der Waals surface area (Å²) in [5.74, 6) is 0.265. The Kier molecular flexibility index (Phi) is 2.69. The molecular formula is C10H10O3. The number of hydrogen-bond acceptors (Lipinski definition) is 3. The lowest BCUT2D eigenvalue weighted by atomic mass is 10.1. The number of hydrogen-bond donors (Lipinski definition) is 1. The van der Waals surface area contributed by atoms with Crippen LogP contribution in [0.1, 0.15) is 17.3 Å². The van der Waals surface area contributed by atoms with Crippen molar-refractivity contribution in [3.8, 4) is 11.5 Å². The molecule has 0 aliphatic rings. The molecule has 0 radical (unpaired) electrons. The average Bonchev–Trinajstić information content (AvgIpc) is 2.04. The first-order valence-corrected chi connectivity index (χ1v) is 3.76. The molecule has 0 aliphatic heterocycles. The number of benzene rings is 1. The van der Waals surface area contributed by atoms with E-state index < -0.39 is 0 Å². The van der Waals surface area contributed by atoms with E-state index in [0.29, 0.717) is 11.3 Å². The summed E-state index contributed by atoms with van der Waals surface area (Å²) in [6.45, 7) is 4.80. The molecule has 3 heteroatoms. The van der Waals surface area contributed by atoms with Crippen LogP contribution < -0.4 is 4.74 Å². The van der Waals surface area contributed by atoms with Crippen molar-refractivity contribution in [3.63, 3.8) is 0 Å². The van der Waals surface area contributed by atoms with Crippen LogP contribution in [0.25, 0.3) is 0 Å². The summed E-state index contributed by atoms with van der Waals surface area (Å²) in [5.41, 5.74) is 0.428. The van der Waals surface area contributed by atoms with Gasteiger partial charge in [0, 0.05) is 6.07 Å². The summed E-state index contributed by atoms with van der Waals surface area (Å²) < 4.78 is 4.96. The molecule has 0 saturated carbocycles. The molecule has 0 aromatic heterocycles. The molecule has 0 fully saturated rings. The maximum atomic E-state index is 11.1. The maximum Gasteiger partial charge on any atom is 0.163 e. The van der Waals surface area contributed by atoms with Gasteiger partial charge in [0.2, 0.25) is 0 Å². The first-order chi connectivity index (χ1) is 6.15. The Morgan fingerprint density at radius 2 is 2.31 bits per heavy atom. The van der Waals surface area contributed by atoms with Gasteiger partial charge in [-0.05, 0) is 19.1 Å². The van der Waals surface area contributed by atoms with Crippen molar-refractivity contribution < 1.29 is 14.6 Å². The third-order valence-electron chi connectivity index (χ3n) is 1.55. The number of ether oxygens (including phenoxy) is 1. The zero-order valence-electron chi connectivity index (χ0n) is 7.28. The van der Waals surface area contributed by atoms with Gasteiger partial charge in [0.05, 0.1) is 11.8 Å². The summed E-state index contributed by atoms with van der Waals surface area (Å²) in [7, 11) is 0. The van der Waals surface area contributed by atoms with Gasteiger partial charge in [0.15, 0.2) is 5.78 Å². The highest BCUT2D eigenvalue weighted by Gasteiger charge is 2.07. The quantitative estimate of drug-likeness (QED) is 0.569. The fourth-order valence-corrected chi connectivity index (χ4v) is 0.989. The van der Waals surface area contributed by atoms with Gasteiger partial charge in [-0.25, -0.2) is 0 Å². The number of carbonyl (C=O) groups excluding carboxylic acids is 1. The highest BCUT2D eigenvalue weighted by atomic mass is 16.5. The maximum absolute atomic E-state index is 11.1. The largest absolute Gasteiger partial charge is 0.508 e. The van der Waals surface area contributed by atoms with Crippen molar-refractivity contribution in [2.45, 2.75) is 6.92 Å².